The Bertz CT molecular complexity index is 407. The highest BCUT2D eigenvalue weighted by molar-refractivity contribution is 9.10. The quantitative estimate of drug-likeness (QED) is 0.858. The molecule has 1 aromatic heterocycles. The van der Waals surface area contributed by atoms with Gasteiger partial charge < -0.3 is 5.32 Å². The molecule has 1 fully saturated rings. The molecule has 1 saturated carbocycles. The Morgan fingerprint density at radius 1 is 1.50 bits per heavy atom. The van der Waals surface area contributed by atoms with E-state index in [4.69, 9.17) is 0 Å². The standard InChI is InChI=1S/C14H24BrN3/c1-5-8-16-13(14(4)6-7-14)12-11(15)9-17-18(12)10(2)3/h9-10,13,16H,5-8H2,1-4H3. The van der Waals surface area contributed by atoms with Crippen molar-refractivity contribution in [3.8, 4) is 0 Å². The fourth-order valence-electron chi connectivity index (χ4n) is 2.48. The Morgan fingerprint density at radius 2 is 2.17 bits per heavy atom. The van der Waals surface area contributed by atoms with E-state index < -0.39 is 0 Å². The molecule has 3 nitrogen and oxygen atoms in total. The van der Waals surface area contributed by atoms with Crippen LogP contribution in [0.2, 0.25) is 0 Å². The van der Waals surface area contributed by atoms with E-state index >= 15 is 0 Å². The first kappa shape index (κ1) is 14.1. The van der Waals surface area contributed by atoms with Crippen molar-refractivity contribution in [2.75, 3.05) is 6.54 Å². The lowest BCUT2D eigenvalue weighted by atomic mass is 9.95. The van der Waals surface area contributed by atoms with Gasteiger partial charge >= 0.3 is 0 Å². The van der Waals surface area contributed by atoms with Gasteiger partial charge in [0.25, 0.3) is 0 Å². The zero-order valence-electron chi connectivity index (χ0n) is 11.8. The van der Waals surface area contributed by atoms with Gasteiger partial charge in [-0.15, -0.1) is 0 Å². The van der Waals surface area contributed by atoms with E-state index in [1.54, 1.807) is 0 Å². The number of halogens is 1. The molecule has 1 aromatic rings. The van der Waals surface area contributed by atoms with Crippen LogP contribution in [-0.4, -0.2) is 16.3 Å². The molecule has 18 heavy (non-hydrogen) atoms. The molecule has 0 radical (unpaired) electrons. The molecular weight excluding hydrogens is 290 g/mol. The topological polar surface area (TPSA) is 29.9 Å². The smallest absolute Gasteiger partial charge is 0.0704 e. The Kier molecular flexibility index (Phi) is 4.17. The van der Waals surface area contributed by atoms with Gasteiger partial charge in [-0.05, 0) is 61.0 Å². The van der Waals surface area contributed by atoms with Crippen molar-refractivity contribution in [3.05, 3.63) is 16.4 Å². The van der Waals surface area contributed by atoms with Crippen molar-refractivity contribution >= 4 is 15.9 Å². The number of aromatic nitrogens is 2. The van der Waals surface area contributed by atoms with Crippen LogP contribution in [0.5, 0.6) is 0 Å². The highest BCUT2D eigenvalue weighted by atomic mass is 79.9. The summed E-state index contributed by atoms with van der Waals surface area (Å²) in [7, 11) is 0. The van der Waals surface area contributed by atoms with Crippen molar-refractivity contribution in [1.29, 1.82) is 0 Å². The molecular formula is C14H24BrN3. The minimum Gasteiger partial charge on any atom is -0.308 e. The first-order valence-electron chi connectivity index (χ1n) is 6.96. The van der Waals surface area contributed by atoms with Gasteiger partial charge in [0.2, 0.25) is 0 Å². The lowest BCUT2D eigenvalue weighted by Gasteiger charge is -2.27. The minimum absolute atomic E-state index is 0.402. The molecule has 1 N–H and O–H groups in total. The summed E-state index contributed by atoms with van der Waals surface area (Å²) in [5.74, 6) is 0. The minimum atomic E-state index is 0.402. The predicted octanol–water partition coefficient (Wildman–Crippen LogP) is 4.07. The Labute approximate surface area is 118 Å². The van der Waals surface area contributed by atoms with Gasteiger partial charge in [-0.25, -0.2) is 0 Å². The lowest BCUT2D eigenvalue weighted by Crippen LogP contribution is -2.31. The fraction of sp³-hybridized carbons (Fsp3) is 0.786. The molecule has 0 spiro atoms. The van der Waals surface area contributed by atoms with E-state index in [-0.39, 0.29) is 0 Å². The number of nitrogens with one attached hydrogen (secondary N) is 1. The number of nitrogens with zero attached hydrogens (tertiary/aromatic N) is 2. The summed E-state index contributed by atoms with van der Waals surface area (Å²) in [5, 5.41) is 8.23. The van der Waals surface area contributed by atoms with E-state index in [1.165, 1.54) is 25.0 Å². The summed E-state index contributed by atoms with van der Waals surface area (Å²) < 4.78 is 3.29. The Morgan fingerprint density at radius 3 is 2.67 bits per heavy atom. The Balaban J connectivity index is 2.32. The second-order valence-electron chi connectivity index (χ2n) is 5.96. The first-order chi connectivity index (χ1) is 8.49. The van der Waals surface area contributed by atoms with Gasteiger partial charge in [-0.2, -0.15) is 5.10 Å². The third-order valence-corrected chi connectivity index (χ3v) is 4.49. The highest BCUT2D eigenvalue weighted by Gasteiger charge is 2.47. The van der Waals surface area contributed by atoms with Gasteiger partial charge in [-0.1, -0.05) is 13.8 Å². The summed E-state index contributed by atoms with van der Waals surface area (Å²) in [6, 6.07) is 0.816. The summed E-state index contributed by atoms with van der Waals surface area (Å²) in [6.07, 6.45) is 5.72. The average molecular weight is 314 g/mol. The second kappa shape index (κ2) is 5.33. The largest absolute Gasteiger partial charge is 0.308 e. The second-order valence-corrected chi connectivity index (χ2v) is 6.81. The molecule has 102 valence electrons. The van der Waals surface area contributed by atoms with Crippen molar-refractivity contribution in [1.82, 2.24) is 15.1 Å². The maximum absolute atomic E-state index is 4.52. The van der Waals surface area contributed by atoms with Crippen LogP contribution in [-0.2, 0) is 0 Å². The van der Waals surface area contributed by atoms with E-state index in [0.717, 1.165) is 11.0 Å². The zero-order valence-corrected chi connectivity index (χ0v) is 13.4. The third-order valence-electron chi connectivity index (χ3n) is 3.88. The fourth-order valence-corrected chi connectivity index (χ4v) is 2.98. The maximum atomic E-state index is 4.52. The van der Waals surface area contributed by atoms with Gasteiger partial charge in [0.15, 0.2) is 0 Å². The highest BCUT2D eigenvalue weighted by Crippen LogP contribution is 2.55. The predicted molar refractivity (Wildman–Crippen MR) is 78.7 cm³/mol. The third kappa shape index (κ3) is 2.64. The van der Waals surface area contributed by atoms with Crippen LogP contribution in [0.15, 0.2) is 10.7 Å². The molecule has 0 amide bonds. The molecule has 0 saturated heterocycles. The van der Waals surface area contributed by atoms with Crippen LogP contribution in [0.25, 0.3) is 0 Å². The number of rotatable bonds is 6. The number of hydrogen-bond acceptors (Lipinski definition) is 2. The van der Waals surface area contributed by atoms with Crippen LogP contribution in [0.4, 0.5) is 0 Å². The molecule has 0 aromatic carbocycles. The summed E-state index contributed by atoms with van der Waals surface area (Å²) >= 11 is 3.67. The monoisotopic (exact) mass is 313 g/mol. The average Bonchev–Trinajstić information content (AvgIpc) is 2.93. The van der Waals surface area contributed by atoms with Crippen LogP contribution in [0.1, 0.15) is 64.7 Å². The Hall–Kier alpha value is -0.350. The van der Waals surface area contributed by atoms with E-state index in [2.05, 4.69) is 58.7 Å². The van der Waals surface area contributed by atoms with Crippen LogP contribution in [0.3, 0.4) is 0 Å². The molecule has 0 aliphatic heterocycles. The van der Waals surface area contributed by atoms with Crippen molar-refractivity contribution in [3.63, 3.8) is 0 Å². The van der Waals surface area contributed by atoms with Crippen molar-refractivity contribution < 1.29 is 0 Å². The summed E-state index contributed by atoms with van der Waals surface area (Å²) in [5.41, 5.74) is 1.73. The molecule has 1 atom stereocenters. The molecule has 2 rings (SSSR count). The van der Waals surface area contributed by atoms with Crippen LogP contribution >= 0.6 is 15.9 Å². The normalized spacial score (nSPS) is 19.2. The van der Waals surface area contributed by atoms with Gasteiger partial charge in [0.05, 0.1) is 22.4 Å². The summed E-state index contributed by atoms with van der Waals surface area (Å²) in [4.78, 5) is 0. The SMILES string of the molecule is CCCNC(c1c(Br)cnn1C(C)C)C1(C)CC1. The summed E-state index contributed by atoms with van der Waals surface area (Å²) in [6.45, 7) is 10.0. The molecule has 0 bridgehead atoms. The van der Waals surface area contributed by atoms with Crippen LogP contribution < -0.4 is 5.32 Å². The lowest BCUT2D eigenvalue weighted by molar-refractivity contribution is 0.333. The number of hydrogen-bond donors (Lipinski definition) is 1. The van der Waals surface area contributed by atoms with Crippen molar-refractivity contribution in [2.45, 2.75) is 59.0 Å². The van der Waals surface area contributed by atoms with Gasteiger partial charge in [-0.3, -0.25) is 4.68 Å². The molecule has 4 heteroatoms. The van der Waals surface area contributed by atoms with Crippen LogP contribution in [0, 0.1) is 5.41 Å². The zero-order chi connectivity index (χ0) is 13.3. The molecule has 1 unspecified atom stereocenters. The van der Waals surface area contributed by atoms with Gasteiger partial charge in [0, 0.05) is 6.04 Å². The molecule has 1 heterocycles. The van der Waals surface area contributed by atoms with E-state index in [1.807, 2.05) is 6.20 Å². The van der Waals surface area contributed by atoms with Gasteiger partial charge in [0.1, 0.15) is 0 Å². The molecule has 1 aliphatic rings. The van der Waals surface area contributed by atoms with E-state index in [9.17, 15) is 0 Å². The van der Waals surface area contributed by atoms with Crippen molar-refractivity contribution in [2.24, 2.45) is 5.41 Å². The first-order valence-corrected chi connectivity index (χ1v) is 7.75. The maximum Gasteiger partial charge on any atom is 0.0704 e. The van der Waals surface area contributed by atoms with E-state index in [0.29, 0.717) is 17.5 Å². The molecule has 1 aliphatic carbocycles.